The molecule has 140 valence electrons. The van der Waals surface area contributed by atoms with Gasteiger partial charge in [0.2, 0.25) is 12.7 Å². The highest BCUT2D eigenvalue weighted by atomic mass is 16.7. The number of nitrogens with one attached hydrogen (secondary N) is 3. The van der Waals surface area contributed by atoms with Gasteiger partial charge in [0.25, 0.3) is 0 Å². The summed E-state index contributed by atoms with van der Waals surface area (Å²) in [5, 5.41) is 13.5. The Hall–Kier alpha value is -3.49. The zero-order valence-electron chi connectivity index (χ0n) is 15.1. The van der Waals surface area contributed by atoms with Crippen LogP contribution in [0.15, 0.2) is 30.5 Å². The van der Waals surface area contributed by atoms with Crippen LogP contribution in [0.3, 0.4) is 0 Å². The molecule has 1 aliphatic rings. The molecule has 2 aromatic heterocycles. The Morgan fingerprint density at radius 1 is 1.30 bits per heavy atom. The van der Waals surface area contributed by atoms with Crippen LogP contribution in [-0.4, -0.2) is 34.3 Å². The highest BCUT2D eigenvalue weighted by molar-refractivity contribution is 5.94. The lowest BCUT2D eigenvalue weighted by Gasteiger charge is -2.12. The van der Waals surface area contributed by atoms with E-state index in [4.69, 9.17) is 9.47 Å². The van der Waals surface area contributed by atoms with Crippen molar-refractivity contribution in [3.8, 4) is 11.5 Å². The van der Waals surface area contributed by atoms with Gasteiger partial charge in [-0.25, -0.2) is 4.98 Å². The van der Waals surface area contributed by atoms with Crippen molar-refractivity contribution in [3.05, 3.63) is 30.5 Å². The summed E-state index contributed by atoms with van der Waals surface area (Å²) in [5.74, 6) is 2.58. The Morgan fingerprint density at radius 2 is 2.19 bits per heavy atom. The maximum absolute atomic E-state index is 12.0. The number of hydrogen-bond donors (Lipinski definition) is 3. The minimum atomic E-state index is -0.0648. The molecule has 9 heteroatoms. The van der Waals surface area contributed by atoms with Gasteiger partial charge in [-0.15, -0.1) is 0 Å². The van der Waals surface area contributed by atoms with Crippen molar-refractivity contribution >= 4 is 34.6 Å². The molecule has 1 aromatic carbocycles. The molecule has 1 aliphatic heterocycles. The number of anilines is 4. The summed E-state index contributed by atoms with van der Waals surface area (Å²) >= 11 is 0. The zero-order valence-corrected chi connectivity index (χ0v) is 15.1. The molecule has 0 radical (unpaired) electrons. The molecule has 27 heavy (non-hydrogen) atoms. The van der Waals surface area contributed by atoms with E-state index in [1.165, 1.54) is 0 Å². The van der Waals surface area contributed by atoms with Gasteiger partial charge < -0.3 is 25.4 Å². The molecule has 0 aliphatic carbocycles. The Bertz CT molecular complexity index is 1000. The van der Waals surface area contributed by atoms with Gasteiger partial charge in [-0.05, 0) is 18.6 Å². The molecule has 0 saturated heterocycles. The molecule has 0 fully saturated rings. The van der Waals surface area contributed by atoms with Crippen LogP contribution in [-0.2, 0) is 4.79 Å². The van der Waals surface area contributed by atoms with Gasteiger partial charge in [0.05, 0.1) is 11.9 Å². The summed E-state index contributed by atoms with van der Waals surface area (Å²) in [7, 11) is 1.80. The van der Waals surface area contributed by atoms with Gasteiger partial charge in [0, 0.05) is 19.5 Å². The summed E-state index contributed by atoms with van der Waals surface area (Å²) in [6.07, 6.45) is 2.81. The number of carbonyl (C=O) groups excluding carboxylic acids is 1. The third kappa shape index (κ3) is 3.19. The first-order chi connectivity index (χ1) is 13.2. The van der Waals surface area contributed by atoms with Crippen LogP contribution in [0, 0.1) is 0 Å². The maximum atomic E-state index is 12.0. The molecule has 0 spiro atoms. The van der Waals surface area contributed by atoms with Crippen molar-refractivity contribution < 1.29 is 14.3 Å². The Labute approximate surface area is 155 Å². The molecular weight excluding hydrogens is 348 g/mol. The summed E-state index contributed by atoms with van der Waals surface area (Å²) in [4.78, 5) is 16.6. The van der Waals surface area contributed by atoms with Crippen molar-refractivity contribution in [1.82, 2.24) is 14.6 Å². The third-order valence-corrected chi connectivity index (χ3v) is 4.14. The molecule has 3 aromatic rings. The number of hydrogen-bond acceptors (Lipinski definition) is 7. The van der Waals surface area contributed by atoms with E-state index in [-0.39, 0.29) is 12.7 Å². The van der Waals surface area contributed by atoms with Crippen LogP contribution in [0.2, 0.25) is 0 Å². The first kappa shape index (κ1) is 17.0. The molecule has 0 unspecified atom stereocenters. The van der Waals surface area contributed by atoms with Crippen molar-refractivity contribution in [2.24, 2.45) is 0 Å². The molecule has 9 nitrogen and oxygen atoms in total. The van der Waals surface area contributed by atoms with E-state index in [0.717, 1.165) is 17.9 Å². The molecule has 3 N–H and O–H groups in total. The van der Waals surface area contributed by atoms with Gasteiger partial charge in [-0.2, -0.15) is 9.61 Å². The number of carbonyl (C=O) groups is 1. The van der Waals surface area contributed by atoms with E-state index in [0.29, 0.717) is 35.1 Å². The normalized spacial score (nSPS) is 12.2. The molecular formula is C18H20N6O3. The van der Waals surface area contributed by atoms with Gasteiger partial charge in [-0.1, -0.05) is 13.0 Å². The van der Waals surface area contributed by atoms with Crippen LogP contribution in [0.1, 0.15) is 19.8 Å². The Kier molecular flexibility index (Phi) is 4.41. The van der Waals surface area contributed by atoms with Gasteiger partial charge in [0.15, 0.2) is 17.1 Å². The van der Waals surface area contributed by atoms with Crippen molar-refractivity contribution in [3.63, 3.8) is 0 Å². The van der Waals surface area contributed by atoms with E-state index in [1.54, 1.807) is 17.8 Å². The minimum Gasteiger partial charge on any atom is -0.454 e. The molecule has 3 heterocycles. The van der Waals surface area contributed by atoms with Crippen LogP contribution in [0.25, 0.3) is 5.65 Å². The molecule has 4 rings (SSSR count). The van der Waals surface area contributed by atoms with E-state index >= 15 is 0 Å². The summed E-state index contributed by atoms with van der Waals surface area (Å²) in [5.41, 5.74) is 1.85. The average molecular weight is 368 g/mol. The van der Waals surface area contributed by atoms with E-state index in [1.807, 2.05) is 31.2 Å². The highest BCUT2D eigenvalue weighted by Gasteiger charge is 2.19. The molecule has 0 atom stereocenters. The number of ether oxygens (including phenoxy) is 2. The lowest BCUT2D eigenvalue weighted by molar-refractivity contribution is -0.116. The third-order valence-electron chi connectivity index (χ3n) is 4.14. The SMILES string of the molecule is CCCC(=O)Nc1cnn2c(NC)cc(Nc3cccc4c3OCO4)nc12. The fourth-order valence-corrected chi connectivity index (χ4v) is 2.90. The predicted molar refractivity (Wildman–Crippen MR) is 102 cm³/mol. The van der Waals surface area contributed by atoms with Crippen molar-refractivity contribution in [1.29, 1.82) is 0 Å². The Morgan fingerprint density at radius 3 is 3.00 bits per heavy atom. The number of aromatic nitrogens is 3. The molecule has 0 bridgehead atoms. The highest BCUT2D eigenvalue weighted by Crippen LogP contribution is 2.40. The fraction of sp³-hybridized carbons (Fsp3) is 0.278. The zero-order chi connectivity index (χ0) is 18.8. The fourth-order valence-electron chi connectivity index (χ4n) is 2.90. The maximum Gasteiger partial charge on any atom is 0.231 e. The van der Waals surface area contributed by atoms with Gasteiger partial charge >= 0.3 is 0 Å². The number of benzene rings is 1. The largest absolute Gasteiger partial charge is 0.454 e. The van der Waals surface area contributed by atoms with E-state index in [9.17, 15) is 4.79 Å². The van der Waals surface area contributed by atoms with E-state index in [2.05, 4.69) is 26.0 Å². The lowest BCUT2D eigenvalue weighted by atomic mass is 10.2. The van der Waals surface area contributed by atoms with Gasteiger partial charge in [-0.3, -0.25) is 4.79 Å². The average Bonchev–Trinajstić information content (AvgIpc) is 3.29. The summed E-state index contributed by atoms with van der Waals surface area (Å²) < 4.78 is 12.6. The predicted octanol–water partition coefficient (Wildman–Crippen LogP) is 2.98. The monoisotopic (exact) mass is 368 g/mol. The molecule has 0 saturated carbocycles. The number of rotatable bonds is 6. The van der Waals surface area contributed by atoms with Crippen LogP contribution in [0.4, 0.5) is 23.0 Å². The molecule has 1 amide bonds. The van der Waals surface area contributed by atoms with Crippen LogP contribution in [0.5, 0.6) is 11.5 Å². The number of amides is 1. The lowest BCUT2D eigenvalue weighted by Crippen LogP contribution is -2.11. The first-order valence-electron chi connectivity index (χ1n) is 8.71. The standard InChI is InChI=1S/C18H20N6O3/c1-3-5-16(25)22-12-9-20-24-15(19-2)8-14(23-18(12)24)21-11-6-4-7-13-17(11)27-10-26-13/h4,6-9,19H,3,5,10H2,1-2H3,(H,21,23)(H,22,25). The van der Waals surface area contributed by atoms with Gasteiger partial charge in [0.1, 0.15) is 17.3 Å². The number of para-hydroxylation sites is 1. The van der Waals surface area contributed by atoms with Crippen molar-refractivity contribution in [2.45, 2.75) is 19.8 Å². The second-order valence-electron chi connectivity index (χ2n) is 6.03. The summed E-state index contributed by atoms with van der Waals surface area (Å²) in [6.45, 7) is 2.15. The van der Waals surface area contributed by atoms with Crippen LogP contribution >= 0.6 is 0 Å². The first-order valence-corrected chi connectivity index (χ1v) is 8.71. The second-order valence-corrected chi connectivity index (χ2v) is 6.03. The smallest absolute Gasteiger partial charge is 0.231 e. The van der Waals surface area contributed by atoms with E-state index < -0.39 is 0 Å². The minimum absolute atomic E-state index is 0.0648. The summed E-state index contributed by atoms with van der Waals surface area (Å²) in [6, 6.07) is 7.44. The van der Waals surface area contributed by atoms with Crippen molar-refractivity contribution in [2.75, 3.05) is 29.8 Å². The second kappa shape index (κ2) is 7.02. The number of nitrogens with zero attached hydrogens (tertiary/aromatic N) is 3. The number of fused-ring (bicyclic) bond motifs is 2. The topological polar surface area (TPSA) is 102 Å². The van der Waals surface area contributed by atoms with Crippen LogP contribution < -0.4 is 25.4 Å². The quantitative estimate of drug-likeness (QED) is 0.615. The Balaban J connectivity index is 1.71.